The maximum atomic E-state index is 11.0. The number of carbonyl (C=O) groups excluding carboxylic acids is 1. The summed E-state index contributed by atoms with van der Waals surface area (Å²) in [7, 11) is 0. The summed E-state index contributed by atoms with van der Waals surface area (Å²) >= 11 is 0. The average molecular weight is 222 g/mol. The van der Waals surface area contributed by atoms with Gasteiger partial charge in [-0.3, -0.25) is 0 Å². The number of ether oxygens (including phenoxy) is 1. The Balaban J connectivity index is 2.08. The molecule has 88 valence electrons. The molecule has 0 unspecified atom stereocenters. The van der Waals surface area contributed by atoms with Crippen molar-refractivity contribution in [2.24, 2.45) is 0 Å². The zero-order valence-electron chi connectivity index (χ0n) is 9.88. The van der Waals surface area contributed by atoms with Crippen molar-refractivity contribution < 1.29 is 9.53 Å². The van der Waals surface area contributed by atoms with Gasteiger partial charge >= 0.3 is 5.97 Å². The second-order valence-corrected chi connectivity index (χ2v) is 3.89. The molecular formula is C12H18N2O2. The minimum atomic E-state index is -0.311. The number of hydrogen-bond donors (Lipinski definition) is 1. The van der Waals surface area contributed by atoms with Crippen molar-refractivity contribution in [1.29, 1.82) is 0 Å². The van der Waals surface area contributed by atoms with Crippen LogP contribution < -0.4 is 0 Å². The molecule has 0 aliphatic heterocycles. The topological polar surface area (TPSA) is 55.0 Å². The van der Waals surface area contributed by atoms with Gasteiger partial charge in [0.05, 0.1) is 6.61 Å². The van der Waals surface area contributed by atoms with Gasteiger partial charge in [0.15, 0.2) is 0 Å². The van der Waals surface area contributed by atoms with Crippen molar-refractivity contribution in [3.63, 3.8) is 0 Å². The molecule has 16 heavy (non-hydrogen) atoms. The Hall–Kier alpha value is -1.58. The lowest BCUT2D eigenvalue weighted by Gasteiger charge is -2.03. The number of hydrogen-bond acceptors (Lipinski definition) is 3. The molecular weight excluding hydrogens is 204 g/mol. The molecule has 4 nitrogen and oxygen atoms in total. The molecule has 0 fully saturated rings. The van der Waals surface area contributed by atoms with Crippen molar-refractivity contribution in [3.8, 4) is 0 Å². The highest BCUT2D eigenvalue weighted by atomic mass is 16.5. The standard InChI is InChI=1S/C12H18N2O2/c1-9(2)12(15)16-7-5-4-6-11-13-8-10(3)14-11/h8H,1,4-7H2,2-3H3,(H,13,14). The third kappa shape index (κ3) is 4.29. The van der Waals surface area contributed by atoms with E-state index < -0.39 is 0 Å². The molecule has 0 radical (unpaired) electrons. The van der Waals surface area contributed by atoms with Gasteiger partial charge in [0, 0.05) is 23.9 Å². The largest absolute Gasteiger partial charge is 0.462 e. The lowest BCUT2D eigenvalue weighted by Crippen LogP contribution is -2.06. The lowest BCUT2D eigenvalue weighted by atomic mass is 10.2. The van der Waals surface area contributed by atoms with Gasteiger partial charge < -0.3 is 9.72 Å². The molecule has 4 heteroatoms. The molecule has 0 aliphatic rings. The van der Waals surface area contributed by atoms with Crippen molar-refractivity contribution >= 4 is 5.97 Å². The third-order valence-electron chi connectivity index (χ3n) is 2.15. The van der Waals surface area contributed by atoms with Crippen molar-refractivity contribution in [2.45, 2.75) is 33.1 Å². The van der Waals surface area contributed by atoms with Gasteiger partial charge in [0.2, 0.25) is 0 Å². The van der Waals surface area contributed by atoms with Gasteiger partial charge in [-0.2, -0.15) is 0 Å². The Morgan fingerprint density at radius 2 is 2.31 bits per heavy atom. The number of aromatic nitrogens is 2. The van der Waals surface area contributed by atoms with Gasteiger partial charge in [0.25, 0.3) is 0 Å². The molecule has 0 aromatic carbocycles. The maximum absolute atomic E-state index is 11.0. The van der Waals surface area contributed by atoms with Crippen molar-refractivity contribution in [1.82, 2.24) is 9.97 Å². The predicted octanol–water partition coefficient (Wildman–Crippen LogP) is 2.16. The van der Waals surface area contributed by atoms with Crippen LogP contribution in [0.1, 0.15) is 31.3 Å². The van der Waals surface area contributed by atoms with Gasteiger partial charge in [0.1, 0.15) is 5.82 Å². The van der Waals surface area contributed by atoms with Crippen LogP contribution in [0.2, 0.25) is 0 Å². The van der Waals surface area contributed by atoms with Crippen LogP contribution in [0.3, 0.4) is 0 Å². The fourth-order valence-electron chi connectivity index (χ4n) is 1.28. The summed E-state index contributed by atoms with van der Waals surface area (Å²) < 4.78 is 4.98. The molecule has 1 aromatic heterocycles. The van der Waals surface area contributed by atoms with Crippen LogP contribution in [0.4, 0.5) is 0 Å². The van der Waals surface area contributed by atoms with Gasteiger partial charge in [-0.15, -0.1) is 0 Å². The number of imidazole rings is 1. The fraction of sp³-hybridized carbons (Fsp3) is 0.500. The van der Waals surface area contributed by atoms with E-state index in [-0.39, 0.29) is 5.97 Å². The highest BCUT2D eigenvalue weighted by Crippen LogP contribution is 2.02. The summed E-state index contributed by atoms with van der Waals surface area (Å²) in [4.78, 5) is 18.4. The monoisotopic (exact) mass is 222 g/mol. The first kappa shape index (κ1) is 12.5. The van der Waals surface area contributed by atoms with Gasteiger partial charge in [-0.1, -0.05) is 6.58 Å². The first-order valence-electron chi connectivity index (χ1n) is 5.42. The van der Waals surface area contributed by atoms with Crippen LogP contribution in [-0.2, 0) is 16.0 Å². The molecule has 0 amide bonds. The minimum Gasteiger partial charge on any atom is -0.462 e. The Morgan fingerprint density at radius 1 is 1.56 bits per heavy atom. The van der Waals surface area contributed by atoms with E-state index >= 15 is 0 Å². The summed E-state index contributed by atoms with van der Waals surface area (Å²) in [6.45, 7) is 7.59. The highest BCUT2D eigenvalue weighted by molar-refractivity contribution is 5.86. The second kappa shape index (κ2) is 6.10. The first-order chi connectivity index (χ1) is 7.59. The van der Waals surface area contributed by atoms with E-state index in [2.05, 4.69) is 16.5 Å². The summed E-state index contributed by atoms with van der Waals surface area (Å²) in [6.07, 6.45) is 4.50. The molecule has 0 bridgehead atoms. The maximum Gasteiger partial charge on any atom is 0.333 e. The van der Waals surface area contributed by atoms with Crippen LogP contribution in [0, 0.1) is 6.92 Å². The van der Waals surface area contributed by atoms with E-state index in [4.69, 9.17) is 4.74 Å². The Labute approximate surface area is 95.7 Å². The number of nitrogens with one attached hydrogen (secondary N) is 1. The van der Waals surface area contributed by atoms with E-state index in [0.29, 0.717) is 12.2 Å². The molecule has 1 N–H and O–H groups in total. The number of aryl methyl sites for hydroxylation is 2. The lowest BCUT2D eigenvalue weighted by molar-refractivity contribution is -0.139. The van der Waals surface area contributed by atoms with Gasteiger partial charge in [-0.25, -0.2) is 9.78 Å². The molecule has 0 saturated heterocycles. The summed E-state index contributed by atoms with van der Waals surface area (Å²) in [5, 5.41) is 0. The van der Waals surface area contributed by atoms with Crippen LogP contribution in [0.5, 0.6) is 0 Å². The molecule has 0 aliphatic carbocycles. The van der Waals surface area contributed by atoms with E-state index in [1.807, 2.05) is 13.1 Å². The minimum absolute atomic E-state index is 0.311. The normalized spacial score (nSPS) is 10.1. The molecule has 1 rings (SSSR count). The van der Waals surface area contributed by atoms with Crippen LogP contribution in [-0.4, -0.2) is 22.5 Å². The zero-order valence-corrected chi connectivity index (χ0v) is 9.88. The Morgan fingerprint density at radius 3 is 2.88 bits per heavy atom. The smallest absolute Gasteiger partial charge is 0.333 e. The van der Waals surface area contributed by atoms with E-state index in [1.54, 1.807) is 6.92 Å². The number of carbonyl (C=O) groups is 1. The Kier molecular flexibility index (Phi) is 4.76. The van der Waals surface area contributed by atoms with Crippen molar-refractivity contribution in [3.05, 3.63) is 29.9 Å². The van der Waals surface area contributed by atoms with Crippen LogP contribution in [0.25, 0.3) is 0 Å². The van der Waals surface area contributed by atoms with E-state index in [1.165, 1.54) is 0 Å². The molecule has 0 spiro atoms. The van der Waals surface area contributed by atoms with E-state index in [9.17, 15) is 4.79 Å². The third-order valence-corrected chi connectivity index (χ3v) is 2.15. The zero-order chi connectivity index (χ0) is 12.0. The SMILES string of the molecule is C=C(C)C(=O)OCCCCc1ncc(C)[nH]1. The quantitative estimate of drug-likeness (QED) is 0.456. The van der Waals surface area contributed by atoms with Crippen LogP contribution in [0.15, 0.2) is 18.3 Å². The van der Waals surface area contributed by atoms with Crippen molar-refractivity contribution in [2.75, 3.05) is 6.61 Å². The van der Waals surface area contributed by atoms with Crippen LogP contribution >= 0.6 is 0 Å². The summed E-state index contributed by atoms with van der Waals surface area (Å²) in [5.41, 5.74) is 1.52. The predicted molar refractivity (Wildman–Crippen MR) is 62.0 cm³/mol. The molecule has 0 saturated carbocycles. The summed E-state index contributed by atoms with van der Waals surface area (Å²) in [5.74, 6) is 0.678. The molecule has 1 aromatic rings. The number of aromatic amines is 1. The fourth-order valence-corrected chi connectivity index (χ4v) is 1.28. The number of nitrogens with zero attached hydrogens (tertiary/aromatic N) is 1. The molecule has 1 heterocycles. The number of H-pyrrole nitrogens is 1. The highest BCUT2D eigenvalue weighted by Gasteiger charge is 2.02. The van der Waals surface area contributed by atoms with E-state index in [0.717, 1.165) is 30.8 Å². The average Bonchev–Trinajstić information content (AvgIpc) is 2.63. The van der Waals surface area contributed by atoms with Gasteiger partial charge in [-0.05, 0) is 26.7 Å². The number of unbranched alkanes of at least 4 members (excludes halogenated alkanes) is 1. The first-order valence-corrected chi connectivity index (χ1v) is 5.42. The molecule has 0 atom stereocenters. The second-order valence-electron chi connectivity index (χ2n) is 3.89. The Bertz CT molecular complexity index is 369. The summed E-state index contributed by atoms with van der Waals surface area (Å²) in [6, 6.07) is 0. The number of rotatable bonds is 6. The number of esters is 1.